The highest BCUT2D eigenvalue weighted by Crippen LogP contribution is 2.43. The van der Waals surface area contributed by atoms with Gasteiger partial charge in [0.2, 0.25) is 0 Å². The lowest BCUT2D eigenvalue weighted by molar-refractivity contribution is -0.145. The summed E-state index contributed by atoms with van der Waals surface area (Å²) in [6, 6.07) is 4.44. The molecule has 0 spiro atoms. The molecule has 2 heterocycles. The van der Waals surface area contributed by atoms with Crippen LogP contribution in [0.25, 0.3) is 10.9 Å². The molecule has 1 aromatic heterocycles. The number of hydrogen-bond acceptors (Lipinski definition) is 8. The minimum atomic E-state index is -0.837. The Morgan fingerprint density at radius 2 is 1.89 bits per heavy atom. The molecule has 1 N–H and O–H groups in total. The quantitative estimate of drug-likeness (QED) is 0.454. The van der Waals surface area contributed by atoms with Crippen molar-refractivity contribution in [2.24, 2.45) is 5.92 Å². The van der Waals surface area contributed by atoms with Gasteiger partial charge in [0.15, 0.2) is 5.78 Å². The van der Waals surface area contributed by atoms with E-state index in [2.05, 4.69) is 4.98 Å². The Bertz CT molecular complexity index is 1180. The van der Waals surface area contributed by atoms with Crippen LogP contribution >= 0.6 is 0 Å². The molecule has 2 aliphatic rings. The van der Waals surface area contributed by atoms with E-state index in [1.807, 2.05) is 0 Å². The molecule has 4 rings (SSSR count). The van der Waals surface area contributed by atoms with Gasteiger partial charge in [0.05, 0.1) is 31.0 Å². The summed E-state index contributed by atoms with van der Waals surface area (Å²) in [4.78, 5) is 44.9. The molecule has 0 radical (unpaired) electrons. The zero-order valence-electron chi connectivity index (χ0n) is 21.5. The van der Waals surface area contributed by atoms with E-state index in [0.29, 0.717) is 22.3 Å². The predicted molar refractivity (Wildman–Crippen MR) is 132 cm³/mol. The first-order valence-electron chi connectivity index (χ1n) is 12.3. The number of ketones is 1. The number of amides is 1. The van der Waals surface area contributed by atoms with Crippen molar-refractivity contribution >= 4 is 28.7 Å². The van der Waals surface area contributed by atoms with Gasteiger partial charge in [0.25, 0.3) is 0 Å². The molecular weight excluding hydrogens is 464 g/mol. The molecule has 2 atom stereocenters. The molecule has 1 saturated heterocycles. The van der Waals surface area contributed by atoms with Crippen molar-refractivity contribution in [3.8, 4) is 11.5 Å². The number of aromatic hydroxyl groups is 1. The van der Waals surface area contributed by atoms with Gasteiger partial charge in [-0.1, -0.05) is 6.42 Å². The van der Waals surface area contributed by atoms with E-state index in [1.54, 1.807) is 39.0 Å². The van der Waals surface area contributed by atoms with Crippen molar-refractivity contribution in [3.63, 3.8) is 0 Å². The van der Waals surface area contributed by atoms with Crippen LogP contribution in [0.1, 0.15) is 74.8 Å². The number of carbonyl (C=O) groups excluding carboxylic acids is 3. The van der Waals surface area contributed by atoms with Gasteiger partial charge < -0.3 is 19.3 Å². The summed E-state index contributed by atoms with van der Waals surface area (Å²) in [5.41, 5.74) is 0.653. The minimum absolute atomic E-state index is 0.0424. The van der Waals surface area contributed by atoms with Crippen LogP contribution in [0, 0.1) is 5.92 Å². The van der Waals surface area contributed by atoms with Crippen molar-refractivity contribution in [3.05, 3.63) is 29.5 Å². The number of rotatable bonds is 6. The van der Waals surface area contributed by atoms with Crippen molar-refractivity contribution in [2.75, 3.05) is 20.8 Å². The van der Waals surface area contributed by atoms with Crippen LogP contribution in [0.2, 0.25) is 0 Å². The maximum atomic E-state index is 13.7. The SMILES string of the molecule is COC(=O)[C@@H]1C[C@@H](CC(=O)c2c(O)c(C3CCC3)nc3ccc(OC)cc23)CN1C(=O)OC(C)(C)C. The molecule has 9 heteroatoms. The minimum Gasteiger partial charge on any atom is -0.505 e. The van der Waals surface area contributed by atoms with Gasteiger partial charge in [-0.15, -0.1) is 0 Å². The third-order valence-corrected chi connectivity index (χ3v) is 6.93. The van der Waals surface area contributed by atoms with E-state index in [9.17, 15) is 19.5 Å². The van der Waals surface area contributed by atoms with Crippen LogP contribution in [0.15, 0.2) is 18.2 Å². The van der Waals surface area contributed by atoms with E-state index in [1.165, 1.54) is 19.1 Å². The van der Waals surface area contributed by atoms with E-state index in [0.717, 1.165) is 19.3 Å². The molecule has 0 unspecified atom stereocenters. The second-order valence-electron chi connectivity index (χ2n) is 10.6. The summed E-state index contributed by atoms with van der Waals surface area (Å²) in [6.45, 7) is 5.42. The van der Waals surface area contributed by atoms with E-state index in [4.69, 9.17) is 14.2 Å². The van der Waals surface area contributed by atoms with Crippen molar-refractivity contribution < 1.29 is 33.7 Å². The third kappa shape index (κ3) is 5.10. The maximum absolute atomic E-state index is 13.7. The molecule has 2 aromatic rings. The summed E-state index contributed by atoms with van der Waals surface area (Å²) < 4.78 is 15.7. The number of carbonyl (C=O) groups is 3. The summed E-state index contributed by atoms with van der Waals surface area (Å²) >= 11 is 0. The molecule has 2 fully saturated rings. The average molecular weight is 499 g/mol. The second kappa shape index (κ2) is 9.95. The van der Waals surface area contributed by atoms with Crippen LogP contribution < -0.4 is 4.74 Å². The highest BCUT2D eigenvalue weighted by atomic mass is 16.6. The lowest BCUT2D eigenvalue weighted by Gasteiger charge is -2.27. The molecule has 1 aliphatic carbocycles. The number of methoxy groups -OCH3 is 2. The van der Waals surface area contributed by atoms with Crippen molar-refractivity contribution in [1.29, 1.82) is 0 Å². The third-order valence-electron chi connectivity index (χ3n) is 6.93. The molecule has 1 aromatic carbocycles. The van der Waals surface area contributed by atoms with Gasteiger partial charge in [-0.3, -0.25) is 9.69 Å². The summed E-state index contributed by atoms with van der Waals surface area (Å²) in [5.74, 6) is -0.539. The molecule has 0 bridgehead atoms. The van der Waals surface area contributed by atoms with Gasteiger partial charge in [-0.25, -0.2) is 14.6 Å². The van der Waals surface area contributed by atoms with Crippen LogP contribution in [0.3, 0.4) is 0 Å². The molecule has 1 saturated carbocycles. The van der Waals surface area contributed by atoms with Gasteiger partial charge in [0, 0.05) is 24.3 Å². The lowest BCUT2D eigenvalue weighted by atomic mass is 9.81. The van der Waals surface area contributed by atoms with E-state index < -0.39 is 23.7 Å². The zero-order valence-corrected chi connectivity index (χ0v) is 21.5. The number of Topliss-reactive ketones (excluding diaryl/α,β-unsaturated/α-hetero) is 1. The fourth-order valence-corrected chi connectivity index (χ4v) is 4.94. The van der Waals surface area contributed by atoms with E-state index in [-0.39, 0.29) is 48.3 Å². The second-order valence-corrected chi connectivity index (χ2v) is 10.6. The van der Waals surface area contributed by atoms with Crippen LogP contribution in [0.5, 0.6) is 11.5 Å². The molecule has 1 amide bonds. The highest BCUT2D eigenvalue weighted by Gasteiger charge is 2.43. The Morgan fingerprint density at radius 1 is 1.17 bits per heavy atom. The predicted octanol–water partition coefficient (Wildman–Crippen LogP) is 4.59. The van der Waals surface area contributed by atoms with Gasteiger partial charge in [-0.05, 0) is 64.2 Å². The standard InChI is InChI=1S/C27H34N2O7/c1-27(2,3)36-26(33)29-14-15(11-20(29)25(32)35-5)12-21(30)22-18-13-17(34-4)9-10-19(18)28-23(24(22)31)16-7-6-8-16/h9-10,13,15-16,20,31H,6-8,11-12,14H2,1-5H3/t15-,20-/m0/s1. The Labute approximate surface area is 210 Å². The smallest absolute Gasteiger partial charge is 0.411 e. The van der Waals surface area contributed by atoms with Gasteiger partial charge in [0.1, 0.15) is 23.1 Å². The number of hydrogen-bond donors (Lipinski definition) is 1. The first-order valence-corrected chi connectivity index (χ1v) is 12.3. The van der Waals surface area contributed by atoms with Gasteiger partial charge in [-0.2, -0.15) is 0 Å². The number of likely N-dealkylation sites (tertiary alicyclic amines) is 1. The number of fused-ring (bicyclic) bond motifs is 1. The first-order chi connectivity index (χ1) is 17.0. The Morgan fingerprint density at radius 3 is 2.47 bits per heavy atom. The molecule has 36 heavy (non-hydrogen) atoms. The normalized spacial score (nSPS) is 20.2. The van der Waals surface area contributed by atoms with Crippen LogP contribution in [-0.4, -0.2) is 65.2 Å². The lowest BCUT2D eigenvalue weighted by Crippen LogP contribution is -2.43. The molecule has 9 nitrogen and oxygen atoms in total. The van der Waals surface area contributed by atoms with Crippen molar-refractivity contribution in [2.45, 2.75) is 70.4 Å². The van der Waals surface area contributed by atoms with Gasteiger partial charge >= 0.3 is 12.1 Å². The number of esters is 1. The van der Waals surface area contributed by atoms with Crippen LogP contribution in [-0.2, 0) is 14.3 Å². The summed E-state index contributed by atoms with van der Waals surface area (Å²) in [6.07, 6.45) is 2.59. The fourth-order valence-electron chi connectivity index (χ4n) is 4.94. The largest absolute Gasteiger partial charge is 0.505 e. The summed E-state index contributed by atoms with van der Waals surface area (Å²) in [5, 5.41) is 11.7. The molecule has 1 aliphatic heterocycles. The Kier molecular flexibility index (Phi) is 7.11. The average Bonchev–Trinajstić information content (AvgIpc) is 3.20. The van der Waals surface area contributed by atoms with Crippen molar-refractivity contribution in [1.82, 2.24) is 9.88 Å². The topological polar surface area (TPSA) is 115 Å². The Balaban J connectivity index is 1.65. The van der Waals surface area contributed by atoms with E-state index >= 15 is 0 Å². The fraction of sp³-hybridized carbons (Fsp3) is 0.556. The molecule has 194 valence electrons. The first kappa shape index (κ1) is 25.7. The number of ether oxygens (including phenoxy) is 3. The molecular formula is C27H34N2O7. The number of nitrogens with zero attached hydrogens (tertiary/aromatic N) is 2. The van der Waals surface area contributed by atoms with Crippen LogP contribution in [0.4, 0.5) is 4.79 Å². The number of benzene rings is 1. The monoisotopic (exact) mass is 498 g/mol. The number of pyridine rings is 1. The maximum Gasteiger partial charge on any atom is 0.411 e. The Hall–Kier alpha value is -3.36. The zero-order chi connectivity index (χ0) is 26.2. The highest BCUT2D eigenvalue weighted by molar-refractivity contribution is 6.10. The number of aromatic nitrogens is 1. The summed E-state index contributed by atoms with van der Waals surface area (Å²) in [7, 11) is 2.81.